The number of aromatic hydroxyl groups is 1. The van der Waals surface area contributed by atoms with Crippen LogP contribution in [0.2, 0.25) is 0 Å². The molecular weight excluding hydrogens is 204 g/mol. The highest BCUT2D eigenvalue weighted by Gasteiger charge is 2.16. The van der Waals surface area contributed by atoms with E-state index >= 15 is 0 Å². The number of ether oxygens (including phenoxy) is 1. The highest BCUT2D eigenvalue weighted by Crippen LogP contribution is 2.24. The zero-order valence-electron chi connectivity index (χ0n) is 7.84. The highest BCUT2D eigenvalue weighted by atomic mass is 16.6. The minimum Gasteiger partial charge on any atom is -0.501 e. The molecule has 1 rings (SSSR count). The van der Waals surface area contributed by atoms with Gasteiger partial charge in [0.15, 0.2) is 0 Å². The van der Waals surface area contributed by atoms with Crippen molar-refractivity contribution in [2.45, 2.75) is 6.42 Å². The maximum atomic E-state index is 10.9. The van der Waals surface area contributed by atoms with Crippen LogP contribution in [0.25, 0.3) is 0 Å². The molecule has 0 aliphatic rings. The largest absolute Gasteiger partial charge is 0.501 e. The van der Waals surface area contributed by atoms with E-state index < -0.39 is 22.3 Å². The summed E-state index contributed by atoms with van der Waals surface area (Å²) in [7, 11) is 1.21. The van der Waals surface area contributed by atoms with Gasteiger partial charge in [0, 0.05) is 6.07 Å². The van der Waals surface area contributed by atoms with E-state index in [0.29, 0.717) is 0 Å². The van der Waals surface area contributed by atoms with Crippen molar-refractivity contribution in [1.82, 2.24) is 4.98 Å². The van der Waals surface area contributed by atoms with Gasteiger partial charge in [0.2, 0.25) is 5.75 Å². The first-order valence-corrected chi connectivity index (χ1v) is 3.93. The smallest absolute Gasteiger partial charge is 0.314 e. The van der Waals surface area contributed by atoms with Crippen molar-refractivity contribution in [2.24, 2.45) is 0 Å². The molecule has 0 saturated heterocycles. The van der Waals surface area contributed by atoms with Gasteiger partial charge in [-0.3, -0.25) is 19.9 Å². The van der Waals surface area contributed by atoms with Crippen molar-refractivity contribution in [1.29, 1.82) is 0 Å². The Labute approximate surface area is 84.5 Å². The quantitative estimate of drug-likeness (QED) is 0.442. The predicted molar refractivity (Wildman–Crippen MR) is 48.3 cm³/mol. The van der Waals surface area contributed by atoms with Crippen LogP contribution in [0.5, 0.6) is 5.75 Å². The molecule has 7 nitrogen and oxygen atoms in total. The maximum absolute atomic E-state index is 10.9. The predicted octanol–water partition coefficient (Wildman–Crippen LogP) is 0.411. The van der Waals surface area contributed by atoms with Crippen molar-refractivity contribution in [3.63, 3.8) is 0 Å². The number of hydrogen-bond acceptors (Lipinski definition) is 6. The first kappa shape index (κ1) is 10.9. The molecule has 0 aliphatic heterocycles. The van der Waals surface area contributed by atoms with E-state index in [0.717, 1.165) is 12.3 Å². The van der Waals surface area contributed by atoms with Gasteiger partial charge in [-0.25, -0.2) is 0 Å². The summed E-state index contributed by atoms with van der Waals surface area (Å²) in [6.45, 7) is 0. The van der Waals surface area contributed by atoms with Crippen LogP contribution in [-0.2, 0) is 16.0 Å². The fourth-order valence-electron chi connectivity index (χ4n) is 0.942. The number of esters is 1. The van der Waals surface area contributed by atoms with Gasteiger partial charge in [-0.2, -0.15) is 0 Å². The van der Waals surface area contributed by atoms with Crippen LogP contribution in [0, 0.1) is 10.1 Å². The molecule has 0 radical (unpaired) electrons. The number of nitro groups is 1. The van der Waals surface area contributed by atoms with Crippen LogP contribution >= 0.6 is 0 Å². The summed E-state index contributed by atoms with van der Waals surface area (Å²) in [4.78, 5) is 24.2. The van der Waals surface area contributed by atoms with Crippen molar-refractivity contribution in [2.75, 3.05) is 7.11 Å². The number of nitrogens with zero attached hydrogens (tertiary/aromatic N) is 2. The number of carbonyl (C=O) groups excluding carboxylic acids is 1. The Morgan fingerprint density at radius 2 is 2.40 bits per heavy atom. The Hall–Kier alpha value is -2.18. The van der Waals surface area contributed by atoms with Crippen LogP contribution in [0.15, 0.2) is 12.3 Å². The van der Waals surface area contributed by atoms with E-state index in [-0.39, 0.29) is 12.1 Å². The van der Waals surface area contributed by atoms with E-state index in [4.69, 9.17) is 5.11 Å². The normalized spacial score (nSPS) is 9.67. The summed E-state index contributed by atoms with van der Waals surface area (Å²) in [5.74, 6) is -1.09. The van der Waals surface area contributed by atoms with Crippen LogP contribution in [0.4, 0.5) is 5.69 Å². The van der Waals surface area contributed by atoms with Gasteiger partial charge < -0.3 is 9.84 Å². The molecule has 0 spiro atoms. The first-order valence-electron chi connectivity index (χ1n) is 3.93. The summed E-state index contributed by atoms with van der Waals surface area (Å²) in [5.41, 5.74) is -0.310. The van der Waals surface area contributed by atoms with Gasteiger partial charge >= 0.3 is 11.7 Å². The van der Waals surface area contributed by atoms with E-state index in [1.165, 1.54) is 7.11 Å². The van der Waals surface area contributed by atoms with Crippen LogP contribution in [-0.4, -0.2) is 28.1 Å². The van der Waals surface area contributed by atoms with Gasteiger partial charge in [0.1, 0.15) is 0 Å². The molecule has 1 aromatic heterocycles. The molecule has 1 heterocycles. The van der Waals surface area contributed by atoms with Gasteiger partial charge in [0.05, 0.1) is 30.3 Å². The summed E-state index contributed by atoms with van der Waals surface area (Å²) in [5, 5.41) is 19.5. The lowest BCUT2D eigenvalue weighted by molar-refractivity contribution is -0.386. The van der Waals surface area contributed by atoms with Gasteiger partial charge in [-0.15, -0.1) is 0 Å². The first-order chi connectivity index (χ1) is 7.04. The number of hydrogen-bond donors (Lipinski definition) is 1. The van der Waals surface area contributed by atoms with Crippen LogP contribution in [0.1, 0.15) is 5.69 Å². The SMILES string of the molecule is COC(=O)Cc1cc([N+](=O)[O-])c(O)cn1. The second-order valence-electron chi connectivity index (χ2n) is 2.67. The Morgan fingerprint density at radius 1 is 1.73 bits per heavy atom. The average Bonchev–Trinajstić information content (AvgIpc) is 2.20. The standard InChI is InChI=1S/C8H8N2O5/c1-15-8(12)3-5-2-6(10(13)14)7(11)4-9-5/h2,4,11H,3H2,1H3. The van der Waals surface area contributed by atoms with Crippen LogP contribution < -0.4 is 0 Å². The summed E-state index contributed by atoms with van der Waals surface area (Å²) in [6, 6.07) is 1.03. The Bertz CT molecular complexity index is 404. The third kappa shape index (κ3) is 2.63. The number of methoxy groups -OCH3 is 1. The number of pyridine rings is 1. The number of aromatic nitrogens is 1. The molecule has 0 amide bonds. The summed E-state index contributed by atoms with van der Waals surface area (Å²) < 4.78 is 4.37. The van der Waals surface area contributed by atoms with Crippen molar-refractivity contribution in [3.8, 4) is 5.75 Å². The van der Waals surface area contributed by atoms with Crippen LogP contribution in [0.3, 0.4) is 0 Å². The average molecular weight is 212 g/mol. The minimum absolute atomic E-state index is 0.169. The van der Waals surface area contributed by atoms with Gasteiger partial charge in [-0.05, 0) is 0 Å². The molecule has 0 unspecified atom stereocenters. The molecule has 1 aromatic rings. The second-order valence-corrected chi connectivity index (χ2v) is 2.67. The molecule has 0 fully saturated rings. The lowest BCUT2D eigenvalue weighted by atomic mass is 10.2. The van der Waals surface area contributed by atoms with Gasteiger partial charge in [0.25, 0.3) is 0 Å². The summed E-state index contributed by atoms with van der Waals surface area (Å²) in [6.07, 6.45) is 0.758. The Balaban J connectivity index is 2.97. The van der Waals surface area contributed by atoms with E-state index in [9.17, 15) is 14.9 Å². The fraction of sp³-hybridized carbons (Fsp3) is 0.250. The zero-order valence-corrected chi connectivity index (χ0v) is 7.84. The van der Waals surface area contributed by atoms with E-state index in [1.807, 2.05) is 0 Å². The molecule has 1 N–H and O–H groups in total. The van der Waals surface area contributed by atoms with E-state index in [2.05, 4.69) is 9.72 Å². The minimum atomic E-state index is -0.752. The lowest BCUT2D eigenvalue weighted by Crippen LogP contribution is -2.06. The van der Waals surface area contributed by atoms with Crippen molar-refractivity contribution < 1.29 is 19.6 Å². The lowest BCUT2D eigenvalue weighted by Gasteiger charge is -2.00. The topological polar surface area (TPSA) is 103 Å². The number of carbonyl (C=O) groups is 1. The molecule has 0 saturated carbocycles. The molecule has 7 heteroatoms. The van der Waals surface area contributed by atoms with E-state index in [1.54, 1.807) is 0 Å². The van der Waals surface area contributed by atoms with Crippen molar-refractivity contribution in [3.05, 3.63) is 28.1 Å². The summed E-state index contributed by atoms with van der Waals surface area (Å²) >= 11 is 0. The zero-order chi connectivity index (χ0) is 11.4. The monoisotopic (exact) mass is 212 g/mol. The highest BCUT2D eigenvalue weighted by molar-refractivity contribution is 5.72. The molecular formula is C8H8N2O5. The Kier molecular flexibility index (Phi) is 3.17. The second kappa shape index (κ2) is 4.36. The molecule has 80 valence electrons. The molecule has 0 aromatic carbocycles. The maximum Gasteiger partial charge on any atom is 0.314 e. The third-order valence-electron chi connectivity index (χ3n) is 1.67. The Morgan fingerprint density at radius 3 is 2.93 bits per heavy atom. The van der Waals surface area contributed by atoms with Crippen molar-refractivity contribution >= 4 is 11.7 Å². The molecule has 0 atom stereocenters. The third-order valence-corrected chi connectivity index (χ3v) is 1.67. The molecule has 15 heavy (non-hydrogen) atoms. The molecule has 0 bridgehead atoms. The van der Waals surface area contributed by atoms with Gasteiger partial charge in [-0.1, -0.05) is 0 Å². The number of rotatable bonds is 3. The molecule has 0 aliphatic carbocycles. The fourth-order valence-corrected chi connectivity index (χ4v) is 0.942.